The Morgan fingerprint density at radius 3 is 2.18 bits per heavy atom. The van der Waals surface area contributed by atoms with E-state index < -0.39 is 29.9 Å². The van der Waals surface area contributed by atoms with Gasteiger partial charge in [-0.2, -0.15) is 0 Å². The van der Waals surface area contributed by atoms with Gasteiger partial charge in [0.1, 0.15) is 24.9 Å². The van der Waals surface area contributed by atoms with Gasteiger partial charge in [0.2, 0.25) is 11.7 Å². The number of hydrogen-bond acceptors (Lipinski definition) is 7. The van der Waals surface area contributed by atoms with Gasteiger partial charge in [-0.1, -0.05) is 64.7 Å². The third-order valence-electron chi connectivity index (χ3n) is 7.18. The molecule has 0 aromatic heterocycles. The van der Waals surface area contributed by atoms with E-state index >= 15 is 0 Å². The molecule has 1 aromatic carbocycles. The maximum absolute atomic E-state index is 12.6. The predicted molar refractivity (Wildman–Crippen MR) is 149 cm³/mol. The number of aliphatic hydroxyl groups excluding tert-OH is 1. The van der Waals surface area contributed by atoms with Gasteiger partial charge in [0.25, 0.3) is 5.91 Å². The summed E-state index contributed by atoms with van der Waals surface area (Å²) in [6.07, 6.45) is 10.1. The number of benzene rings is 1. The molecule has 2 aliphatic heterocycles. The van der Waals surface area contributed by atoms with Gasteiger partial charge in [0, 0.05) is 31.3 Å². The number of anilines is 1. The molecule has 0 spiro atoms. The van der Waals surface area contributed by atoms with Crippen molar-refractivity contribution in [3.63, 3.8) is 0 Å². The molecule has 9 nitrogen and oxygen atoms in total. The quantitative estimate of drug-likeness (QED) is 0.237. The highest BCUT2D eigenvalue weighted by Crippen LogP contribution is 2.45. The highest BCUT2D eigenvalue weighted by molar-refractivity contribution is 5.95. The molecular formula is C30H48N2O7. The van der Waals surface area contributed by atoms with Gasteiger partial charge in [-0.15, -0.1) is 0 Å². The summed E-state index contributed by atoms with van der Waals surface area (Å²) in [6, 6.07) is 6.57. The van der Waals surface area contributed by atoms with Crippen LogP contribution in [-0.2, 0) is 23.7 Å². The predicted octanol–water partition coefficient (Wildman–Crippen LogP) is 4.92. The van der Waals surface area contributed by atoms with Crippen molar-refractivity contribution in [2.75, 3.05) is 25.1 Å². The van der Waals surface area contributed by atoms with E-state index in [-0.39, 0.29) is 25.0 Å². The van der Waals surface area contributed by atoms with E-state index in [0.717, 1.165) is 12.8 Å². The number of nitrogens with one attached hydrogen (secondary N) is 2. The molecule has 2 heterocycles. The van der Waals surface area contributed by atoms with E-state index in [9.17, 15) is 14.7 Å². The van der Waals surface area contributed by atoms with Crippen molar-refractivity contribution in [3.8, 4) is 0 Å². The number of fused-ring (bicyclic) bond motifs is 1. The summed E-state index contributed by atoms with van der Waals surface area (Å²) in [7, 11) is 0. The van der Waals surface area contributed by atoms with Crippen LogP contribution in [0.25, 0.3) is 0 Å². The molecule has 2 aliphatic rings. The minimum Gasteiger partial charge on any atom is -0.387 e. The molecule has 9 heteroatoms. The van der Waals surface area contributed by atoms with Crippen molar-refractivity contribution in [3.05, 3.63) is 29.8 Å². The molecule has 2 amide bonds. The zero-order chi connectivity index (χ0) is 28.3. The first-order valence-electron chi connectivity index (χ1n) is 14.6. The molecule has 1 aromatic rings. The Balaban J connectivity index is 1.41. The molecule has 0 saturated carbocycles. The lowest BCUT2D eigenvalue weighted by Crippen LogP contribution is -2.45. The first-order chi connectivity index (χ1) is 18.7. The number of unbranched alkanes of at least 4 members (excludes halogenated alkanes) is 9. The molecule has 0 aliphatic carbocycles. The SMILES string of the molecule is CCCCCCCCCCCCOC[C@@]12O[C@@H](CNC(=O)c3ccc(NC(C)=O)cc3)[C@@H](O)[C@@H]1OC(C)(C)O2. The standard InChI is InChI=1S/C30H48N2O7/c1-5-6-7-8-9-10-11-12-13-14-19-36-21-30-27(38-29(3,4)39-30)26(34)25(37-30)20-31-28(35)23-15-17-24(18-16-23)32-22(2)33/h15-18,25-27,34H,5-14,19-21H2,1-4H3,(H,31,35)(H,32,33)/t25-,26+,27-,30-/m0/s1. The number of rotatable bonds is 17. The number of carbonyl (C=O) groups is 2. The highest BCUT2D eigenvalue weighted by Gasteiger charge is 2.64. The van der Waals surface area contributed by atoms with Gasteiger partial charge in [-0.05, 0) is 44.5 Å². The van der Waals surface area contributed by atoms with E-state index in [1.54, 1.807) is 38.1 Å². The molecule has 0 radical (unpaired) electrons. The first kappa shape index (κ1) is 31.5. The van der Waals surface area contributed by atoms with Crippen LogP contribution in [0.3, 0.4) is 0 Å². The fourth-order valence-electron chi connectivity index (χ4n) is 5.25. The van der Waals surface area contributed by atoms with Gasteiger partial charge in [-0.25, -0.2) is 0 Å². The maximum Gasteiger partial charge on any atom is 0.251 e. The second-order valence-electron chi connectivity index (χ2n) is 11.2. The van der Waals surface area contributed by atoms with Crippen LogP contribution in [0, 0.1) is 0 Å². The minimum atomic E-state index is -1.23. The minimum absolute atomic E-state index is 0.0806. The fourth-order valence-corrected chi connectivity index (χ4v) is 5.25. The smallest absolute Gasteiger partial charge is 0.251 e. The third kappa shape index (κ3) is 9.53. The van der Waals surface area contributed by atoms with Crippen molar-refractivity contribution in [1.29, 1.82) is 0 Å². The zero-order valence-electron chi connectivity index (χ0n) is 24.1. The van der Waals surface area contributed by atoms with Crippen LogP contribution in [0.15, 0.2) is 24.3 Å². The lowest BCUT2D eigenvalue weighted by Gasteiger charge is -2.28. The number of amides is 2. The van der Waals surface area contributed by atoms with Gasteiger partial charge in [-0.3, -0.25) is 9.59 Å². The number of carbonyl (C=O) groups excluding carboxylic acids is 2. The Kier molecular flexibility index (Phi) is 12.2. The van der Waals surface area contributed by atoms with Crippen molar-refractivity contribution in [2.45, 2.75) is 122 Å². The number of hydrogen-bond donors (Lipinski definition) is 3. The van der Waals surface area contributed by atoms with Crippen LogP contribution in [0.5, 0.6) is 0 Å². The summed E-state index contributed by atoms with van der Waals surface area (Å²) in [5.41, 5.74) is 1.04. The summed E-state index contributed by atoms with van der Waals surface area (Å²) < 4.78 is 24.3. The topological polar surface area (TPSA) is 115 Å². The lowest BCUT2D eigenvalue weighted by atomic mass is 10.1. The van der Waals surface area contributed by atoms with Crippen molar-refractivity contribution in [1.82, 2.24) is 5.32 Å². The molecule has 3 N–H and O–H groups in total. The van der Waals surface area contributed by atoms with E-state index in [2.05, 4.69) is 17.6 Å². The fraction of sp³-hybridized carbons (Fsp3) is 0.733. The monoisotopic (exact) mass is 548 g/mol. The Labute approximate surface area is 233 Å². The maximum atomic E-state index is 12.6. The van der Waals surface area contributed by atoms with Crippen LogP contribution in [-0.4, -0.2) is 66.6 Å². The summed E-state index contributed by atoms with van der Waals surface area (Å²) in [6.45, 7) is 8.05. The van der Waals surface area contributed by atoms with Crippen molar-refractivity contribution in [2.24, 2.45) is 0 Å². The summed E-state index contributed by atoms with van der Waals surface area (Å²) >= 11 is 0. The highest BCUT2D eigenvalue weighted by atomic mass is 16.9. The van der Waals surface area contributed by atoms with E-state index in [1.807, 2.05) is 0 Å². The lowest BCUT2D eigenvalue weighted by molar-refractivity contribution is -0.277. The van der Waals surface area contributed by atoms with Crippen molar-refractivity contribution < 1.29 is 33.6 Å². The van der Waals surface area contributed by atoms with E-state index in [1.165, 1.54) is 58.3 Å². The van der Waals surface area contributed by atoms with Crippen LogP contribution in [0.1, 0.15) is 102 Å². The zero-order valence-corrected chi connectivity index (χ0v) is 24.1. The molecule has 4 atom stereocenters. The Bertz CT molecular complexity index is 907. The normalized spacial score (nSPS) is 25.4. The average Bonchev–Trinajstić information content (AvgIpc) is 3.29. The number of aliphatic hydroxyl groups is 1. The first-order valence-corrected chi connectivity index (χ1v) is 14.6. The molecule has 2 saturated heterocycles. The molecular weight excluding hydrogens is 500 g/mol. The van der Waals surface area contributed by atoms with Crippen molar-refractivity contribution >= 4 is 17.5 Å². The van der Waals surface area contributed by atoms with Crippen LogP contribution in [0.2, 0.25) is 0 Å². The van der Waals surface area contributed by atoms with Gasteiger partial charge < -0.3 is 34.7 Å². The Morgan fingerprint density at radius 2 is 1.56 bits per heavy atom. The Hall–Kier alpha value is -2.04. The van der Waals surface area contributed by atoms with Crippen LogP contribution < -0.4 is 10.6 Å². The Morgan fingerprint density at radius 1 is 0.949 bits per heavy atom. The van der Waals surface area contributed by atoms with Gasteiger partial charge >= 0.3 is 0 Å². The van der Waals surface area contributed by atoms with Gasteiger partial charge in [0.15, 0.2) is 5.79 Å². The summed E-state index contributed by atoms with van der Waals surface area (Å²) in [4.78, 5) is 23.8. The van der Waals surface area contributed by atoms with E-state index in [0.29, 0.717) is 17.9 Å². The largest absolute Gasteiger partial charge is 0.387 e. The third-order valence-corrected chi connectivity index (χ3v) is 7.18. The van der Waals surface area contributed by atoms with Gasteiger partial charge in [0.05, 0.1) is 0 Å². The summed E-state index contributed by atoms with van der Waals surface area (Å²) in [5, 5.41) is 16.5. The molecule has 2 fully saturated rings. The number of ether oxygens (including phenoxy) is 4. The van der Waals surface area contributed by atoms with Crippen LogP contribution >= 0.6 is 0 Å². The molecule has 220 valence electrons. The molecule has 3 rings (SSSR count). The molecule has 0 bridgehead atoms. The molecule has 0 unspecified atom stereocenters. The van der Waals surface area contributed by atoms with E-state index in [4.69, 9.17) is 18.9 Å². The van der Waals surface area contributed by atoms with Crippen LogP contribution in [0.4, 0.5) is 5.69 Å². The molecule has 39 heavy (non-hydrogen) atoms. The average molecular weight is 549 g/mol. The second kappa shape index (κ2) is 15.1. The second-order valence-corrected chi connectivity index (χ2v) is 11.2. The summed E-state index contributed by atoms with van der Waals surface area (Å²) in [5.74, 6) is -2.64.